The molecule has 1 atom stereocenters. The number of nitrogens with zero attached hydrogens (tertiary/aromatic N) is 5. The van der Waals surface area contributed by atoms with E-state index in [9.17, 15) is 5.11 Å². The second-order valence-electron chi connectivity index (χ2n) is 7.05. The first-order valence-electron chi connectivity index (χ1n) is 9.43. The Balaban J connectivity index is 1.91. The van der Waals surface area contributed by atoms with Crippen LogP contribution < -0.4 is 0 Å². The molecule has 0 bridgehead atoms. The number of ether oxygens (including phenoxy) is 2. The fourth-order valence-electron chi connectivity index (χ4n) is 3.84. The molecule has 3 aromatic heterocycles. The van der Waals surface area contributed by atoms with E-state index in [0.29, 0.717) is 17.0 Å². The van der Waals surface area contributed by atoms with E-state index in [1.54, 1.807) is 20.2 Å². The summed E-state index contributed by atoms with van der Waals surface area (Å²) in [6.45, 7) is 6.89. The summed E-state index contributed by atoms with van der Waals surface area (Å²) >= 11 is 0. The number of aromatic nitrogens is 5. The average Bonchev–Trinajstić information content (AvgIpc) is 3.20. The molecule has 0 spiro atoms. The van der Waals surface area contributed by atoms with E-state index in [1.807, 2.05) is 17.7 Å². The number of pyridine rings is 1. The van der Waals surface area contributed by atoms with Crippen molar-refractivity contribution in [1.82, 2.24) is 24.5 Å². The number of aromatic hydroxyl groups is 1. The molecule has 148 valence electrons. The van der Waals surface area contributed by atoms with Crippen molar-refractivity contribution in [2.75, 3.05) is 13.7 Å². The molecule has 28 heavy (non-hydrogen) atoms. The number of methoxy groups -OCH3 is 1. The van der Waals surface area contributed by atoms with Gasteiger partial charge in [0.1, 0.15) is 5.69 Å². The molecule has 1 saturated heterocycles. The lowest BCUT2D eigenvalue weighted by molar-refractivity contribution is -0.0368. The van der Waals surface area contributed by atoms with Gasteiger partial charge >= 0.3 is 0 Å². The molecule has 4 heterocycles. The van der Waals surface area contributed by atoms with Crippen molar-refractivity contribution >= 4 is 17.0 Å². The molecule has 0 radical (unpaired) electrons. The van der Waals surface area contributed by atoms with Gasteiger partial charge in [-0.3, -0.25) is 4.98 Å². The van der Waals surface area contributed by atoms with Crippen molar-refractivity contribution in [2.24, 2.45) is 7.05 Å². The fourth-order valence-corrected chi connectivity index (χ4v) is 3.84. The number of fused-ring (bicyclic) bond motifs is 1. The van der Waals surface area contributed by atoms with Gasteiger partial charge in [-0.1, -0.05) is 6.58 Å². The first-order chi connectivity index (χ1) is 13.5. The van der Waals surface area contributed by atoms with Gasteiger partial charge in [-0.05, 0) is 38.3 Å². The summed E-state index contributed by atoms with van der Waals surface area (Å²) in [4.78, 5) is 4.77. The van der Waals surface area contributed by atoms with Crippen LogP contribution in [0.15, 0.2) is 12.6 Å². The maximum Gasteiger partial charge on any atom is 0.219 e. The Hall–Kier alpha value is -2.71. The van der Waals surface area contributed by atoms with E-state index in [2.05, 4.69) is 11.7 Å². The van der Waals surface area contributed by atoms with Gasteiger partial charge in [0.25, 0.3) is 0 Å². The van der Waals surface area contributed by atoms with Crippen LogP contribution in [0.3, 0.4) is 0 Å². The molecule has 1 fully saturated rings. The average molecular weight is 383 g/mol. The molecule has 1 aliphatic rings. The van der Waals surface area contributed by atoms with Crippen LogP contribution in [0.2, 0.25) is 0 Å². The largest absolute Gasteiger partial charge is 0.493 e. The van der Waals surface area contributed by atoms with Crippen molar-refractivity contribution in [3.63, 3.8) is 0 Å². The first kappa shape index (κ1) is 18.6. The van der Waals surface area contributed by atoms with E-state index in [4.69, 9.17) is 19.6 Å². The van der Waals surface area contributed by atoms with Crippen LogP contribution in [0.5, 0.6) is 5.88 Å². The van der Waals surface area contributed by atoms with Crippen molar-refractivity contribution in [3.8, 4) is 17.1 Å². The van der Waals surface area contributed by atoms with Crippen molar-refractivity contribution < 1.29 is 14.6 Å². The third-order valence-corrected chi connectivity index (χ3v) is 5.14. The Morgan fingerprint density at radius 3 is 2.89 bits per heavy atom. The molecule has 1 unspecified atom stereocenters. The lowest BCUT2D eigenvalue weighted by atomic mass is 10.1. The Morgan fingerprint density at radius 1 is 1.39 bits per heavy atom. The predicted octanol–water partition coefficient (Wildman–Crippen LogP) is 3.33. The summed E-state index contributed by atoms with van der Waals surface area (Å²) in [7, 11) is 3.29. The molecule has 3 aromatic rings. The van der Waals surface area contributed by atoms with Crippen LogP contribution in [-0.2, 0) is 23.1 Å². The molecule has 0 aromatic carbocycles. The normalized spacial score (nSPS) is 17.3. The minimum absolute atomic E-state index is 0.0569. The zero-order valence-corrected chi connectivity index (χ0v) is 16.5. The number of aryl methyl sites for hydroxylation is 2. The van der Waals surface area contributed by atoms with Crippen molar-refractivity contribution in [1.29, 1.82) is 0 Å². The first-order valence-corrected chi connectivity index (χ1v) is 9.43. The fraction of sp³-hybridized carbons (Fsp3) is 0.450. The van der Waals surface area contributed by atoms with Gasteiger partial charge in [0, 0.05) is 26.2 Å². The third kappa shape index (κ3) is 2.98. The lowest BCUT2D eigenvalue weighted by Gasteiger charge is -2.23. The SMILES string of the molecule is C=Cc1nn(C2CCCCO2)c2c(C)nc(-c3c(COC)nn(C)c3O)cc12. The smallest absolute Gasteiger partial charge is 0.219 e. The van der Waals surface area contributed by atoms with E-state index < -0.39 is 0 Å². The highest BCUT2D eigenvalue weighted by Crippen LogP contribution is 2.36. The molecule has 8 heteroatoms. The lowest BCUT2D eigenvalue weighted by Crippen LogP contribution is -2.19. The Labute approximate surface area is 163 Å². The molecule has 8 nitrogen and oxygen atoms in total. The summed E-state index contributed by atoms with van der Waals surface area (Å²) in [5, 5.41) is 20.6. The van der Waals surface area contributed by atoms with Crippen LogP contribution in [0.25, 0.3) is 28.2 Å². The van der Waals surface area contributed by atoms with Gasteiger partial charge in [-0.25, -0.2) is 9.36 Å². The van der Waals surface area contributed by atoms with Gasteiger partial charge in [-0.15, -0.1) is 0 Å². The molecule has 0 aliphatic carbocycles. The van der Waals surface area contributed by atoms with E-state index >= 15 is 0 Å². The molecular formula is C20H25N5O3. The number of hydrogen-bond acceptors (Lipinski definition) is 6. The van der Waals surface area contributed by atoms with Crippen LogP contribution in [0, 0.1) is 6.92 Å². The standard InChI is InChI=1S/C20H25N5O3/c1-5-14-13-10-15(18-16(11-27-4)22-24(3)20(18)26)21-12(2)19(13)25(23-14)17-8-6-7-9-28-17/h5,10,17,26H,1,6-9,11H2,2-4H3. The highest BCUT2D eigenvalue weighted by atomic mass is 16.5. The molecule has 0 amide bonds. The predicted molar refractivity (Wildman–Crippen MR) is 106 cm³/mol. The zero-order chi connectivity index (χ0) is 19.8. The molecule has 4 rings (SSSR count). The van der Waals surface area contributed by atoms with E-state index in [1.165, 1.54) is 4.68 Å². The van der Waals surface area contributed by atoms with Gasteiger partial charge in [0.05, 0.1) is 34.8 Å². The number of rotatable bonds is 5. The van der Waals surface area contributed by atoms with Crippen LogP contribution >= 0.6 is 0 Å². The van der Waals surface area contributed by atoms with Crippen LogP contribution in [-0.4, -0.2) is 43.4 Å². The summed E-state index contributed by atoms with van der Waals surface area (Å²) < 4.78 is 14.5. The second-order valence-corrected chi connectivity index (χ2v) is 7.05. The third-order valence-electron chi connectivity index (χ3n) is 5.14. The Kier molecular flexibility index (Phi) is 4.91. The molecule has 1 aliphatic heterocycles. The second kappa shape index (κ2) is 7.37. The highest BCUT2D eigenvalue weighted by molar-refractivity contribution is 5.92. The van der Waals surface area contributed by atoms with E-state index in [-0.39, 0.29) is 18.7 Å². The summed E-state index contributed by atoms with van der Waals surface area (Å²) in [6.07, 6.45) is 4.77. The van der Waals surface area contributed by atoms with Gasteiger partial charge < -0.3 is 14.6 Å². The maximum atomic E-state index is 10.5. The Morgan fingerprint density at radius 2 is 2.21 bits per heavy atom. The molecule has 1 N–H and O–H groups in total. The summed E-state index contributed by atoms with van der Waals surface area (Å²) in [6, 6.07) is 1.93. The molecule has 0 saturated carbocycles. The summed E-state index contributed by atoms with van der Waals surface area (Å²) in [5.41, 5.74) is 4.36. The molecular weight excluding hydrogens is 358 g/mol. The van der Waals surface area contributed by atoms with Gasteiger partial charge in [0.15, 0.2) is 6.23 Å². The highest BCUT2D eigenvalue weighted by Gasteiger charge is 2.25. The summed E-state index contributed by atoms with van der Waals surface area (Å²) in [5.74, 6) is 0.0569. The Bertz CT molecular complexity index is 1030. The van der Waals surface area contributed by atoms with Crippen molar-refractivity contribution in [3.05, 3.63) is 29.7 Å². The van der Waals surface area contributed by atoms with Crippen LogP contribution in [0.4, 0.5) is 0 Å². The topological polar surface area (TPSA) is 87.2 Å². The zero-order valence-electron chi connectivity index (χ0n) is 16.5. The maximum absolute atomic E-state index is 10.5. The monoisotopic (exact) mass is 383 g/mol. The van der Waals surface area contributed by atoms with Gasteiger partial charge in [0.2, 0.25) is 5.88 Å². The number of hydrogen-bond donors (Lipinski definition) is 1. The minimum atomic E-state index is -0.0906. The quantitative estimate of drug-likeness (QED) is 0.727. The minimum Gasteiger partial charge on any atom is -0.493 e. The van der Waals surface area contributed by atoms with Crippen molar-refractivity contribution in [2.45, 2.75) is 39.0 Å². The van der Waals surface area contributed by atoms with Gasteiger partial charge in [-0.2, -0.15) is 10.2 Å². The van der Waals surface area contributed by atoms with E-state index in [0.717, 1.165) is 48.2 Å². The van der Waals surface area contributed by atoms with Crippen LogP contribution in [0.1, 0.15) is 42.6 Å².